The van der Waals surface area contributed by atoms with Crippen molar-refractivity contribution in [2.45, 2.75) is 5.75 Å². The Hall–Kier alpha value is -1.56. The van der Waals surface area contributed by atoms with Gasteiger partial charge in [-0.15, -0.1) is 11.8 Å². The molecule has 2 rings (SSSR count). The van der Waals surface area contributed by atoms with Crippen LogP contribution in [-0.2, 0) is 15.3 Å². The first kappa shape index (κ1) is 13.9. The molecule has 1 aromatic carbocycles. The van der Waals surface area contributed by atoms with Crippen LogP contribution < -0.4 is 5.32 Å². The van der Waals surface area contributed by atoms with Crippen molar-refractivity contribution in [2.24, 2.45) is 0 Å². The maximum atomic E-state index is 12.7. The minimum Gasteiger partial charge on any atom is -0.353 e. The molecule has 1 heterocycles. The molecule has 0 unspecified atom stereocenters. The van der Waals surface area contributed by atoms with Gasteiger partial charge in [0.1, 0.15) is 5.82 Å². The van der Waals surface area contributed by atoms with Gasteiger partial charge in [-0.1, -0.05) is 12.1 Å². The Bertz CT molecular complexity index is 464. The van der Waals surface area contributed by atoms with Gasteiger partial charge < -0.3 is 10.2 Å². The van der Waals surface area contributed by atoms with Gasteiger partial charge in [0.25, 0.3) is 0 Å². The maximum Gasteiger partial charge on any atom is 0.239 e. The predicted octanol–water partition coefficient (Wildman–Crippen LogP) is 1.02. The van der Waals surface area contributed by atoms with E-state index in [9.17, 15) is 14.0 Å². The quantitative estimate of drug-likeness (QED) is 0.897. The number of carbonyl (C=O) groups is 2. The number of hydrogen-bond donors (Lipinski definition) is 1. The molecule has 0 spiro atoms. The van der Waals surface area contributed by atoms with Gasteiger partial charge in [-0.2, -0.15) is 0 Å². The fourth-order valence-corrected chi connectivity index (χ4v) is 2.67. The average molecular weight is 282 g/mol. The minimum atomic E-state index is -0.260. The molecular weight excluding hydrogens is 267 g/mol. The zero-order valence-electron chi connectivity index (χ0n) is 10.4. The van der Waals surface area contributed by atoms with Gasteiger partial charge in [0, 0.05) is 18.8 Å². The Labute approximate surface area is 115 Å². The first-order chi connectivity index (χ1) is 9.15. The lowest BCUT2D eigenvalue weighted by Gasteiger charge is -2.26. The van der Waals surface area contributed by atoms with E-state index in [2.05, 4.69) is 5.32 Å². The fraction of sp³-hybridized carbons (Fsp3) is 0.385. The van der Waals surface area contributed by atoms with Crippen molar-refractivity contribution in [2.75, 3.05) is 25.4 Å². The largest absolute Gasteiger partial charge is 0.353 e. The summed E-state index contributed by atoms with van der Waals surface area (Å²) in [6, 6.07) is 6.24. The molecule has 0 bridgehead atoms. The van der Waals surface area contributed by atoms with Crippen molar-refractivity contribution in [3.05, 3.63) is 35.6 Å². The molecule has 0 aliphatic carbocycles. The van der Waals surface area contributed by atoms with E-state index in [-0.39, 0.29) is 24.2 Å². The van der Waals surface area contributed by atoms with Gasteiger partial charge >= 0.3 is 0 Å². The van der Waals surface area contributed by atoms with Crippen LogP contribution in [0.25, 0.3) is 0 Å². The zero-order valence-corrected chi connectivity index (χ0v) is 11.2. The van der Waals surface area contributed by atoms with Crippen LogP contribution in [0.3, 0.4) is 0 Å². The van der Waals surface area contributed by atoms with Crippen LogP contribution in [0.5, 0.6) is 0 Å². The molecule has 1 N–H and O–H groups in total. The highest BCUT2D eigenvalue weighted by Crippen LogP contribution is 2.13. The molecule has 2 amide bonds. The van der Waals surface area contributed by atoms with Crippen LogP contribution in [0.4, 0.5) is 4.39 Å². The second-order valence-corrected chi connectivity index (χ2v) is 5.27. The second kappa shape index (κ2) is 6.56. The molecule has 1 aliphatic rings. The monoisotopic (exact) mass is 282 g/mol. The number of benzene rings is 1. The third-order valence-corrected chi connectivity index (χ3v) is 3.79. The van der Waals surface area contributed by atoms with Crippen LogP contribution in [0, 0.1) is 5.82 Å². The van der Waals surface area contributed by atoms with Crippen molar-refractivity contribution in [1.29, 1.82) is 0 Å². The molecule has 0 radical (unpaired) electrons. The molecule has 0 saturated carbocycles. The lowest BCUT2D eigenvalue weighted by Crippen LogP contribution is -2.50. The Kier molecular flexibility index (Phi) is 4.79. The van der Waals surface area contributed by atoms with Gasteiger partial charge in [0.2, 0.25) is 11.8 Å². The smallest absolute Gasteiger partial charge is 0.239 e. The summed E-state index contributed by atoms with van der Waals surface area (Å²) in [6.07, 6.45) is 0. The van der Waals surface area contributed by atoms with E-state index in [0.717, 1.165) is 5.56 Å². The lowest BCUT2D eigenvalue weighted by atomic mass is 10.2. The summed E-state index contributed by atoms with van der Waals surface area (Å²) in [5.41, 5.74) is 0.982. The minimum absolute atomic E-state index is 0.0260. The summed E-state index contributed by atoms with van der Waals surface area (Å²) >= 11 is 1.47. The van der Waals surface area contributed by atoms with Crippen molar-refractivity contribution < 1.29 is 14.0 Å². The van der Waals surface area contributed by atoms with E-state index in [4.69, 9.17) is 0 Å². The first-order valence-corrected chi connectivity index (χ1v) is 7.17. The number of halogens is 1. The number of thioether (sulfide) groups is 1. The van der Waals surface area contributed by atoms with E-state index in [1.54, 1.807) is 17.0 Å². The molecule has 1 saturated heterocycles. The van der Waals surface area contributed by atoms with Crippen LogP contribution >= 0.6 is 11.8 Å². The number of amides is 2. The van der Waals surface area contributed by atoms with Crippen molar-refractivity contribution in [3.8, 4) is 0 Å². The summed E-state index contributed by atoms with van der Waals surface area (Å²) in [4.78, 5) is 24.6. The molecule has 0 atom stereocenters. The van der Waals surface area contributed by atoms with Crippen LogP contribution in [0.2, 0.25) is 0 Å². The van der Waals surface area contributed by atoms with E-state index in [1.165, 1.54) is 23.9 Å². The summed E-state index contributed by atoms with van der Waals surface area (Å²) in [6.45, 7) is 1.24. The highest BCUT2D eigenvalue weighted by molar-refractivity contribution is 7.99. The van der Waals surface area contributed by atoms with Crippen molar-refractivity contribution in [1.82, 2.24) is 10.2 Å². The van der Waals surface area contributed by atoms with Gasteiger partial charge in [0.05, 0.1) is 12.3 Å². The Morgan fingerprint density at radius 2 is 2.11 bits per heavy atom. The summed E-state index contributed by atoms with van der Waals surface area (Å²) in [7, 11) is 0. The molecule has 1 fully saturated rings. The molecule has 1 aromatic rings. The molecule has 19 heavy (non-hydrogen) atoms. The molecule has 0 aromatic heterocycles. The zero-order chi connectivity index (χ0) is 13.7. The van der Waals surface area contributed by atoms with E-state index in [0.29, 0.717) is 24.6 Å². The highest BCUT2D eigenvalue weighted by atomic mass is 32.2. The van der Waals surface area contributed by atoms with Crippen LogP contribution in [-0.4, -0.2) is 42.1 Å². The molecular formula is C13H15FN2O2S. The second-order valence-electron chi connectivity index (χ2n) is 4.28. The van der Waals surface area contributed by atoms with Crippen molar-refractivity contribution >= 4 is 23.6 Å². The average Bonchev–Trinajstić information content (AvgIpc) is 2.41. The highest BCUT2D eigenvalue weighted by Gasteiger charge is 2.20. The van der Waals surface area contributed by atoms with Crippen LogP contribution in [0.15, 0.2) is 24.3 Å². The maximum absolute atomic E-state index is 12.7. The van der Waals surface area contributed by atoms with Gasteiger partial charge in [-0.3, -0.25) is 9.59 Å². The first-order valence-electron chi connectivity index (χ1n) is 6.02. The topological polar surface area (TPSA) is 49.4 Å². The van der Waals surface area contributed by atoms with E-state index >= 15 is 0 Å². The standard InChI is InChI=1S/C13H15FN2O2S/c14-11-3-1-10(2-4-11)8-19-9-13(18)16-6-5-15-12(17)7-16/h1-4H,5-9H2,(H,15,17). The summed E-state index contributed by atoms with van der Waals surface area (Å²) in [5, 5.41) is 2.68. The van der Waals surface area contributed by atoms with Crippen molar-refractivity contribution in [3.63, 3.8) is 0 Å². The number of hydrogen-bond acceptors (Lipinski definition) is 3. The number of piperazine rings is 1. The molecule has 1 aliphatic heterocycles. The lowest BCUT2D eigenvalue weighted by molar-refractivity contribution is -0.136. The predicted molar refractivity (Wildman–Crippen MR) is 72.2 cm³/mol. The Morgan fingerprint density at radius 1 is 1.37 bits per heavy atom. The number of nitrogens with one attached hydrogen (secondary N) is 1. The van der Waals surface area contributed by atoms with E-state index in [1.807, 2.05) is 0 Å². The Morgan fingerprint density at radius 3 is 2.79 bits per heavy atom. The normalized spacial score (nSPS) is 15.2. The van der Waals surface area contributed by atoms with Gasteiger partial charge in [0.15, 0.2) is 0 Å². The molecule has 6 heteroatoms. The molecule has 4 nitrogen and oxygen atoms in total. The van der Waals surface area contributed by atoms with Gasteiger partial charge in [-0.05, 0) is 17.7 Å². The van der Waals surface area contributed by atoms with E-state index < -0.39 is 0 Å². The fourth-order valence-electron chi connectivity index (χ4n) is 1.78. The van der Waals surface area contributed by atoms with Crippen LogP contribution in [0.1, 0.15) is 5.56 Å². The Balaban J connectivity index is 1.74. The third-order valence-electron chi connectivity index (χ3n) is 2.80. The number of nitrogens with zero attached hydrogens (tertiary/aromatic N) is 1. The summed E-state index contributed by atoms with van der Waals surface area (Å²) in [5.74, 6) is 0.603. The number of rotatable bonds is 4. The van der Waals surface area contributed by atoms with Gasteiger partial charge in [-0.25, -0.2) is 4.39 Å². The molecule has 102 valence electrons. The summed E-state index contributed by atoms with van der Waals surface area (Å²) < 4.78 is 12.7. The SMILES string of the molecule is O=C1CN(C(=O)CSCc2ccc(F)cc2)CCN1. The number of carbonyl (C=O) groups excluding carboxylic acids is 2. The third kappa shape index (κ3) is 4.24.